The zero-order chi connectivity index (χ0) is 13.3. The van der Waals surface area contributed by atoms with Crippen LogP contribution >= 0.6 is 0 Å². The number of nitrogens with one attached hydrogen (secondary N) is 1. The molecule has 2 aliphatic rings. The molecule has 0 radical (unpaired) electrons. The van der Waals surface area contributed by atoms with E-state index in [1.807, 2.05) is 19.1 Å². The SMILES string of the molecule is Cc1ccc(F)c(NC2CCC3(CCCC3)CC2)c1. The van der Waals surface area contributed by atoms with Gasteiger partial charge in [0.1, 0.15) is 5.82 Å². The van der Waals surface area contributed by atoms with Gasteiger partial charge in [0.05, 0.1) is 5.69 Å². The molecule has 2 aliphatic carbocycles. The summed E-state index contributed by atoms with van der Waals surface area (Å²) < 4.78 is 13.8. The molecule has 3 rings (SSSR count). The highest BCUT2D eigenvalue weighted by molar-refractivity contribution is 5.47. The van der Waals surface area contributed by atoms with Crippen molar-refractivity contribution < 1.29 is 4.39 Å². The van der Waals surface area contributed by atoms with E-state index >= 15 is 0 Å². The minimum absolute atomic E-state index is 0.119. The Morgan fingerprint density at radius 3 is 2.47 bits per heavy atom. The van der Waals surface area contributed by atoms with Gasteiger partial charge in [-0.2, -0.15) is 0 Å². The summed E-state index contributed by atoms with van der Waals surface area (Å²) in [5, 5.41) is 3.42. The van der Waals surface area contributed by atoms with Crippen molar-refractivity contribution >= 4 is 5.69 Å². The average Bonchev–Trinajstić information content (AvgIpc) is 2.85. The molecule has 2 heteroatoms. The topological polar surface area (TPSA) is 12.0 Å². The number of aryl methyl sites for hydroxylation is 1. The highest BCUT2D eigenvalue weighted by atomic mass is 19.1. The number of anilines is 1. The van der Waals surface area contributed by atoms with E-state index in [4.69, 9.17) is 0 Å². The molecule has 1 aromatic rings. The predicted octanol–water partition coefficient (Wildman–Crippen LogP) is 5.05. The summed E-state index contributed by atoms with van der Waals surface area (Å²) in [4.78, 5) is 0. The van der Waals surface area contributed by atoms with Gasteiger partial charge in [0.2, 0.25) is 0 Å². The van der Waals surface area contributed by atoms with E-state index in [0.29, 0.717) is 17.1 Å². The predicted molar refractivity (Wildman–Crippen MR) is 77.9 cm³/mol. The molecule has 0 heterocycles. The Kier molecular flexibility index (Phi) is 3.51. The lowest BCUT2D eigenvalue weighted by Crippen LogP contribution is -2.31. The molecule has 0 aromatic heterocycles. The van der Waals surface area contributed by atoms with Crippen molar-refractivity contribution in [2.75, 3.05) is 5.32 Å². The van der Waals surface area contributed by atoms with Crippen LogP contribution in [0.25, 0.3) is 0 Å². The molecule has 0 atom stereocenters. The number of halogens is 1. The van der Waals surface area contributed by atoms with Gasteiger partial charge in [0.15, 0.2) is 0 Å². The third kappa shape index (κ3) is 2.77. The Bertz CT molecular complexity index is 439. The molecule has 2 saturated carbocycles. The van der Waals surface area contributed by atoms with E-state index in [2.05, 4.69) is 5.32 Å². The first-order chi connectivity index (χ1) is 9.17. The van der Waals surface area contributed by atoms with Crippen LogP contribution < -0.4 is 5.32 Å². The van der Waals surface area contributed by atoms with Gasteiger partial charge >= 0.3 is 0 Å². The van der Waals surface area contributed by atoms with E-state index in [1.54, 1.807) is 6.07 Å². The molecule has 0 saturated heterocycles. The van der Waals surface area contributed by atoms with E-state index in [9.17, 15) is 4.39 Å². The van der Waals surface area contributed by atoms with Crippen LogP contribution in [-0.2, 0) is 0 Å². The summed E-state index contributed by atoms with van der Waals surface area (Å²) in [7, 11) is 0. The van der Waals surface area contributed by atoms with Crippen LogP contribution in [0, 0.1) is 18.2 Å². The average molecular weight is 261 g/mol. The van der Waals surface area contributed by atoms with Crippen molar-refractivity contribution in [2.24, 2.45) is 5.41 Å². The molecule has 0 aliphatic heterocycles. The lowest BCUT2D eigenvalue weighted by Gasteiger charge is -2.38. The highest BCUT2D eigenvalue weighted by Gasteiger charge is 2.37. The van der Waals surface area contributed by atoms with Gasteiger partial charge in [-0.05, 0) is 68.6 Å². The van der Waals surface area contributed by atoms with E-state index < -0.39 is 0 Å². The fraction of sp³-hybridized carbons (Fsp3) is 0.647. The third-order valence-corrected chi connectivity index (χ3v) is 5.19. The van der Waals surface area contributed by atoms with Crippen LogP contribution in [-0.4, -0.2) is 6.04 Å². The normalized spacial score (nSPS) is 22.8. The molecule has 1 aromatic carbocycles. The minimum Gasteiger partial charge on any atom is -0.380 e. The monoisotopic (exact) mass is 261 g/mol. The van der Waals surface area contributed by atoms with Crippen molar-refractivity contribution in [3.63, 3.8) is 0 Å². The van der Waals surface area contributed by atoms with Gasteiger partial charge in [-0.15, -0.1) is 0 Å². The van der Waals surface area contributed by atoms with Gasteiger partial charge < -0.3 is 5.32 Å². The Hall–Kier alpha value is -1.05. The van der Waals surface area contributed by atoms with Crippen LogP contribution in [0.2, 0.25) is 0 Å². The summed E-state index contributed by atoms with van der Waals surface area (Å²) >= 11 is 0. The van der Waals surface area contributed by atoms with Gasteiger partial charge in [-0.25, -0.2) is 4.39 Å². The second kappa shape index (κ2) is 5.15. The van der Waals surface area contributed by atoms with Crippen molar-refractivity contribution in [1.82, 2.24) is 0 Å². The molecular weight excluding hydrogens is 237 g/mol. The minimum atomic E-state index is -0.119. The molecule has 1 nitrogen and oxygen atoms in total. The second-order valence-electron chi connectivity index (χ2n) is 6.61. The summed E-state index contributed by atoms with van der Waals surface area (Å²) in [5.74, 6) is -0.119. The molecule has 1 spiro atoms. The van der Waals surface area contributed by atoms with Crippen molar-refractivity contribution in [1.29, 1.82) is 0 Å². The quantitative estimate of drug-likeness (QED) is 0.785. The molecule has 19 heavy (non-hydrogen) atoms. The third-order valence-electron chi connectivity index (χ3n) is 5.19. The fourth-order valence-corrected chi connectivity index (χ4v) is 3.97. The number of hydrogen-bond donors (Lipinski definition) is 1. The number of benzene rings is 1. The summed E-state index contributed by atoms with van der Waals surface area (Å²) in [5.41, 5.74) is 2.46. The molecule has 0 bridgehead atoms. The zero-order valence-corrected chi connectivity index (χ0v) is 11.8. The van der Waals surface area contributed by atoms with Crippen LogP contribution in [0.15, 0.2) is 18.2 Å². The Labute approximate surface area is 115 Å². The zero-order valence-electron chi connectivity index (χ0n) is 11.8. The second-order valence-corrected chi connectivity index (χ2v) is 6.61. The lowest BCUT2D eigenvalue weighted by atomic mass is 9.71. The van der Waals surface area contributed by atoms with E-state index in [0.717, 1.165) is 5.56 Å². The molecular formula is C17H24FN. The van der Waals surface area contributed by atoms with E-state index in [-0.39, 0.29) is 5.82 Å². The van der Waals surface area contributed by atoms with Crippen LogP contribution in [0.4, 0.5) is 10.1 Å². The van der Waals surface area contributed by atoms with Gasteiger partial charge in [-0.1, -0.05) is 18.9 Å². The first-order valence-electron chi connectivity index (χ1n) is 7.70. The van der Waals surface area contributed by atoms with Crippen molar-refractivity contribution in [3.05, 3.63) is 29.6 Å². The van der Waals surface area contributed by atoms with Crippen LogP contribution in [0.1, 0.15) is 56.9 Å². The van der Waals surface area contributed by atoms with Crippen molar-refractivity contribution in [2.45, 2.75) is 64.3 Å². The summed E-state index contributed by atoms with van der Waals surface area (Å²) in [6.07, 6.45) is 10.8. The van der Waals surface area contributed by atoms with Crippen LogP contribution in [0.3, 0.4) is 0 Å². The highest BCUT2D eigenvalue weighted by Crippen LogP contribution is 2.49. The first kappa shape index (κ1) is 13.0. The Morgan fingerprint density at radius 2 is 1.79 bits per heavy atom. The number of hydrogen-bond acceptors (Lipinski definition) is 1. The lowest BCUT2D eigenvalue weighted by molar-refractivity contribution is 0.188. The van der Waals surface area contributed by atoms with Gasteiger partial charge in [0.25, 0.3) is 0 Å². The van der Waals surface area contributed by atoms with Crippen LogP contribution in [0.5, 0.6) is 0 Å². The van der Waals surface area contributed by atoms with Gasteiger partial charge in [-0.3, -0.25) is 0 Å². The van der Waals surface area contributed by atoms with Gasteiger partial charge in [0, 0.05) is 6.04 Å². The molecule has 0 amide bonds. The molecule has 2 fully saturated rings. The Balaban J connectivity index is 1.61. The summed E-state index contributed by atoms with van der Waals surface area (Å²) in [6, 6.07) is 5.78. The standard InChI is InChI=1S/C17H24FN/c1-13-4-5-15(18)16(12-13)19-14-6-10-17(11-7-14)8-2-3-9-17/h4-5,12,14,19H,2-3,6-11H2,1H3. The smallest absolute Gasteiger partial charge is 0.146 e. The maximum Gasteiger partial charge on any atom is 0.146 e. The molecule has 1 N–H and O–H groups in total. The summed E-state index contributed by atoms with van der Waals surface area (Å²) in [6.45, 7) is 2.01. The molecule has 0 unspecified atom stereocenters. The maximum absolute atomic E-state index is 13.8. The fourth-order valence-electron chi connectivity index (χ4n) is 3.97. The first-order valence-corrected chi connectivity index (χ1v) is 7.70. The molecule has 104 valence electrons. The maximum atomic E-state index is 13.8. The Morgan fingerprint density at radius 1 is 1.11 bits per heavy atom. The largest absolute Gasteiger partial charge is 0.380 e. The van der Waals surface area contributed by atoms with Crippen molar-refractivity contribution in [3.8, 4) is 0 Å². The van der Waals surface area contributed by atoms with E-state index in [1.165, 1.54) is 51.4 Å². The number of rotatable bonds is 2.